The summed E-state index contributed by atoms with van der Waals surface area (Å²) in [5.41, 5.74) is 8.77. The normalized spacial score (nSPS) is 10.1. The molecule has 102 valence electrons. The van der Waals surface area contributed by atoms with E-state index in [1.54, 1.807) is 18.2 Å². The number of carbonyl (C=O) groups is 2. The molecule has 0 bridgehead atoms. The summed E-state index contributed by atoms with van der Waals surface area (Å²) in [5, 5.41) is 0. The number of benzene rings is 2. The second-order valence-corrected chi connectivity index (χ2v) is 4.73. The van der Waals surface area contributed by atoms with Gasteiger partial charge in [0.05, 0.1) is 5.56 Å². The van der Waals surface area contributed by atoms with Crippen molar-refractivity contribution in [2.45, 2.75) is 0 Å². The Hall–Kier alpha value is -2.62. The van der Waals surface area contributed by atoms with E-state index in [1.807, 2.05) is 43.3 Å². The van der Waals surface area contributed by atoms with Crippen LogP contribution in [0.5, 0.6) is 0 Å². The van der Waals surface area contributed by atoms with Crippen molar-refractivity contribution in [1.29, 1.82) is 0 Å². The van der Waals surface area contributed by atoms with Gasteiger partial charge in [0.1, 0.15) is 0 Å². The molecule has 0 saturated carbocycles. The summed E-state index contributed by atoms with van der Waals surface area (Å²) in [6.07, 6.45) is 0.638. The van der Waals surface area contributed by atoms with Crippen molar-refractivity contribution in [2.24, 2.45) is 5.73 Å². The Bertz CT molecular complexity index is 646. The summed E-state index contributed by atoms with van der Waals surface area (Å²) in [4.78, 5) is 24.3. The number of primary amides is 1. The van der Waals surface area contributed by atoms with Gasteiger partial charge >= 0.3 is 0 Å². The summed E-state index contributed by atoms with van der Waals surface area (Å²) in [7, 11) is 3.94. The van der Waals surface area contributed by atoms with Crippen molar-refractivity contribution >= 4 is 17.9 Å². The lowest BCUT2D eigenvalue weighted by Gasteiger charge is -2.13. The molecule has 0 radical (unpaired) electrons. The van der Waals surface area contributed by atoms with Crippen LogP contribution in [0.1, 0.15) is 20.7 Å². The van der Waals surface area contributed by atoms with Crippen LogP contribution in [-0.2, 0) is 0 Å². The van der Waals surface area contributed by atoms with E-state index in [9.17, 15) is 9.59 Å². The third-order valence-electron chi connectivity index (χ3n) is 3.16. The first-order valence-electron chi connectivity index (χ1n) is 6.19. The van der Waals surface area contributed by atoms with Gasteiger partial charge in [0, 0.05) is 25.3 Å². The van der Waals surface area contributed by atoms with Gasteiger partial charge in [0.15, 0.2) is 6.29 Å². The van der Waals surface area contributed by atoms with Crippen molar-refractivity contribution in [1.82, 2.24) is 0 Å². The molecule has 0 unspecified atom stereocenters. The number of anilines is 1. The fraction of sp³-hybridized carbons (Fsp3) is 0.125. The predicted octanol–water partition coefficient (Wildman–Crippen LogP) is 2.33. The number of aldehydes is 1. The summed E-state index contributed by atoms with van der Waals surface area (Å²) in [6, 6.07) is 13.0. The number of rotatable bonds is 4. The maximum absolute atomic E-state index is 11.4. The number of hydrogen-bond donors (Lipinski definition) is 1. The molecule has 2 N–H and O–H groups in total. The average Bonchev–Trinajstić information content (AvgIpc) is 2.46. The molecule has 0 fully saturated rings. The average molecular weight is 268 g/mol. The molecule has 2 aromatic rings. The molecule has 0 aromatic heterocycles. The smallest absolute Gasteiger partial charge is 0.249 e. The lowest BCUT2D eigenvalue weighted by Crippen LogP contribution is -2.13. The quantitative estimate of drug-likeness (QED) is 0.866. The highest BCUT2D eigenvalue weighted by molar-refractivity contribution is 6.01. The summed E-state index contributed by atoms with van der Waals surface area (Å²) in [6.45, 7) is 0. The second-order valence-electron chi connectivity index (χ2n) is 4.73. The molecule has 0 aliphatic heterocycles. The molecule has 0 aliphatic rings. The Morgan fingerprint density at radius 3 is 2.15 bits per heavy atom. The van der Waals surface area contributed by atoms with E-state index in [-0.39, 0.29) is 5.56 Å². The maximum atomic E-state index is 11.4. The van der Waals surface area contributed by atoms with Gasteiger partial charge in [-0.3, -0.25) is 9.59 Å². The predicted molar refractivity (Wildman–Crippen MR) is 80.1 cm³/mol. The fourth-order valence-corrected chi connectivity index (χ4v) is 2.00. The topological polar surface area (TPSA) is 63.4 Å². The summed E-state index contributed by atoms with van der Waals surface area (Å²) < 4.78 is 0. The molecular weight excluding hydrogens is 252 g/mol. The van der Waals surface area contributed by atoms with E-state index in [2.05, 4.69) is 0 Å². The largest absolute Gasteiger partial charge is 0.378 e. The molecule has 0 atom stereocenters. The minimum absolute atomic E-state index is 0.245. The van der Waals surface area contributed by atoms with Crippen molar-refractivity contribution in [3.63, 3.8) is 0 Å². The van der Waals surface area contributed by atoms with E-state index < -0.39 is 5.91 Å². The fourth-order valence-electron chi connectivity index (χ4n) is 2.00. The number of nitrogens with two attached hydrogens (primary N) is 1. The zero-order chi connectivity index (χ0) is 14.7. The van der Waals surface area contributed by atoms with Crippen LogP contribution in [-0.4, -0.2) is 26.3 Å². The third kappa shape index (κ3) is 2.69. The zero-order valence-electron chi connectivity index (χ0n) is 11.5. The van der Waals surface area contributed by atoms with Crippen molar-refractivity contribution in [3.05, 3.63) is 53.6 Å². The Morgan fingerprint density at radius 2 is 1.65 bits per heavy atom. The minimum Gasteiger partial charge on any atom is -0.378 e. The second kappa shape index (κ2) is 5.57. The summed E-state index contributed by atoms with van der Waals surface area (Å²) in [5.74, 6) is -0.598. The summed E-state index contributed by atoms with van der Waals surface area (Å²) >= 11 is 0. The molecule has 2 rings (SSSR count). The van der Waals surface area contributed by atoms with Gasteiger partial charge in [0.2, 0.25) is 5.91 Å². The van der Waals surface area contributed by atoms with Crippen LogP contribution < -0.4 is 10.6 Å². The number of hydrogen-bond acceptors (Lipinski definition) is 3. The third-order valence-corrected chi connectivity index (χ3v) is 3.16. The lowest BCUT2D eigenvalue weighted by molar-refractivity contribution is 0.0993. The van der Waals surface area contributed by atoms with Gasteiger partial charge in [0.25, 0.3) is 0 Å². The first kappa shape index (κ1) is 13.8. The van der Waals surface area contributed by atoms with Crippen LogP contribution >= 0.6 is 0 Å². The van der Waals surface area contributed by atoms with E-state index in [0.717, 1.165) is 16.8 Å². The molecule has 20 heavy (non-hydrogen) atoms. The number of nitrogens with zero attached hydrogens (tertiary/aromatic N) is 1. The minimum atomic E-state index is -0.598. The van der Waals surface area contributed by atoms with Crippen molar-refractivity contribution < 1.29 is 9.59 Å². The van der Waals surface area contributed by atoms with Gasteiger partial charge in [-0.2, -0.15) is 0 Å². The monoisotopic (exact) mass is 268 g/mol. The van der Waals surface area contributed by atoms with Crippen LogP contribution in [0.25, 0.3) is 11.1 Å². The van der Waals surface area contributed by atoms with E-state index in [1.165, 1.54) is 0 Å². The standard InChI is InChI=1S/C16H16N2O2/c1-18(2)14-7-5-11(6-8-14)12-3-4-13(10-19)15(9-12)16(17)20/h3-10H,1-2H3,(H2,17,20). The Labute approximate surface area is 117 Å². The molecule has 0 heterocycles. The van der Waals surface area contributed by atoms with Crippen molar-refractivity contribution in [2.75, 3.05) is 19.0 Å². The van der Waals surface area contributed by atoms with Gasteiger partial charge in [-0.15, -0.1) is 0 Å². The highest BCUT2D eigenvalue weighted by Crippen LogP contribution is 2.24. The molecule has 1 amide bonds. The SMILES string of the molecule is CN(C)c1ccc(-c2ccc(C=O)c(C(N)=O)c2)cc1. The van der Waals surface area contributed by atoms with E-state index in [0.29, 0.717) is 11.8 Å². The maximum Gasteiger partial charge on any atom is 0.249 e. The van der Waals surface area contributed by atoms with E-state index >= 15 is 0 Å². The molecule has 0 saturated heterocycles. The molecular formula is C16H16N2O2. The van der Waals surface area contributed by atoms with Gasteiger partial charge in [-0.25, -0.2) is 0 Å². The van der Waals surface area contributed by atoms with E-state index in [4.69, 9.17) is 5.73 Å². The highest BCUT2D eigenvalue weighted by atomic mass is 16.1. The lowest BCUT2D eigenvalue weighted by atomic mass is 9.99. The Balaban J connectivity index is 2.45. The zero-order valence-corrected chi connectivity index (χ0v) is 11.5. The number of amides is 1. The number of carbonyl (C=O) groups excluding carboxylic acids is 2. The van der Waals surface area contributed by atoms with Crippen LogP contribution in [0.2, 0.25) is 0 Å². The molecule has 4 nitrogen and oxygen atoms in total. The van der Waals surface area contributed by atoms with Crippen LogP contribution in [0.3, 0.4) is 0 Å². The molecule has 0 aliphatic carbocycles. The first-order chi connectivity index (χ1) is 9.52. The van der Waals surface area contributed by atoms with Gasteiger partial charge < -0.3 is 10.6 Å². The first-order valence-corrected chi connectivity index (χ1v) is 6.19. The highest BCUT2D eigenvalue weighted by Gasteiger charge is 2.09. The Morgan fingerprint density at radius 1 is 1.05 bits per heavy atom. The molecule has 0 spiro atoms. The van der Waals surface area contributed by atoms with Crippen molar-refractivity contribution in [3.8, 4) is 11.1 Å². The van der Waals surface area contributed by atoms with Crippen LogP contribution in [0, 0.1) is 0 Å². The van der Waals surface area contributed by atoms with Crippen LogP contribution in [0.15, 0.2) is 42.5 Å². The molecule has 2 aromatic carbocycles. The van der Waals surface area contributed by atoms with Crippen LogP contribution in [0.4, 0.5) is 5.69 Å². The van der Waals surface area contributed by atoms with Gasteiger partial charge in [-0.05, 0) is 29.3 Å². The Kier molecular flexibility index (Phi) is 3.84. The molecule has 4 heteroatoms. The van der Waals surface area contributed by atoms with Gasteiger partial charge in [-0.1, -0.05) is 24.3 Å².